The molecule has 3 rings (SSSR count). The van der Waals surface area contributed by atoms with Gasteiger partial charge < -0.3 is 5.32 Å². The van der Waals surface area contributed by atoms with Crippen LogP contribution in [0.5, 0.6) is 0 Å². The Hall–Kier alpha value is -3.12. The summed E-state index contributed by atoms with van der Waals surface area (Å²) in [4.78, 5) is 12.8. The van der Waals surface area contributed by atoms with E-state index in [9.17, 15) is 13.2 Å². The third-order valence-electron chi connectivity index (χ3n) is 4.82. The Labute approximate surface area is 172 Å². The van der Waals surface area contributed by atoms with Gasteiger partial charge in [-0.2, -0.15) is 0 Å². The lowest BCUT2D eigenvalue weighted by Crippen LogP contribution is -2.28. The second-order valence-electron chi connectivity index (χ2n) is 6.94. The van der Waals surface area contributed by atoms with Gasteiger partial charge >= 0.3 is 0 Å². The van der Waals surface area contributed by atoms with E-state index in [-0.39, 0.29) is 16.8 Å². The van der Waals surface area contributed by atoms with Gasteiger partial charge in [0.2, 0.25) is 0 Å². The normalized spacial score (nSPS) is 12.2. The number of amides is 1. The van der Waals surface area contributed by atoms with Crippen molar-refractivity contribution in [3.63, 3.8) is 0 Å². The largest absolute Gasteiger partial charge is 0.346 e. The van der Waals surface area contributed by atoms with Crippen molar-refractivity contribution in [2.45, 2.75) is 24.8 Å². The summed E-state index contributed by atoms with van der Waals surface area (Å²) in [6.45, 7) is 3.95. The Balaban J connectivity index is 1.72. The molecule has 0 spiro atoms. The van der Waals surface area contributed by atoms with Crippen LogP contribution in [-0.4, -0.2) is 21.4 Å². The Bertz CT molecular complexity index is 1080. The van der Waals surface area contributed by atoms with Crippen LogP contribution < -0.4 is 9.62 Å². The smallest absolute Gasteiger partial charge is 0.264 e. The lowest BCUT2D eigenvalue weighted by molar-refractivity contribution is 0.0940. The van der Waals surface area contributed by atoms with E-state index in [1.54, 1.807) is 54.6 Å². The first-order chi connectivity index (χ1) is 13.8. The third-order valence-corrected chi connectivity index (χ3v) is 6.62. The lowest BCUT2D eigenvalue weighted by atomic mass is 10.1. The van der Waals surface area contributed by atoms with Gasteiger partial charge in [-0.15, -0.1) is 0 Å². The molecule has 150 valence electrons. The van der Waals surface area contributed by atoms with Crippen LogP contribution in [0.4, 0.5) is 5.69 Å². The summed E-state index contributed by atoms with van der Waals surface area (Å²) >= 11 is 0. The molecule has 6 heteroatoms. The van der Waals surface area contributed by atoms with Crippen molar-refractivity contribution >= 4 is 21.6 Å². The van der Waals surface area contributed by atoms with Crippen LogP contribution in [0.25, 0.3) is 0 Å². The molecule has 3 aromatic rings. The van der Waals surface area contributed by atoms with Crippen molar-refractivity contribution in [2.24, 2.45) is 0 Å². The summed E-state index contributed by atoms with van der Waals surface area (Å²) in [5, 5.41) is 2.97. The highest BCUT2D eigenvalue weighted by molar-refractivity contribution is 7.92. The highest BCUT2D eigenvalue weighted by Crippen LogP contribution is 2.22. The Morgan fingerprint density at radius 1 is 0.897 bits per heavy atom. The van der Waals surface area contributed by atoms with E-state index in [4.69, 9.17) is 0 Å². The third kappa shape index (κ3) is 4.66. The Morgan fingerprint density at radius 2 is 1.48 bits per heavy atom. The van der Waals surface area contributed by atoms with Crippen LogP contribution in [-0.2, 0) is 10.0 Å². The number of anilines is 1. The molecular formula is C23H24N2O3S. The summed E-state index contributed by atoms with van der Waals surface area (Å²) in [6.07, 6.45) is 0. The first-order valence-corrected chi connectivity index (χ1v) is 10.7. The van der Waals surface area contributed by atoms with Crippen molar-refractivity contribution in [2.75, 3.05) is 11.4 Å². The summed E-state index contributed by atoms with van der Waals surface area (Å²) in [5.74, 6) is -0.210. The first-order valence-electron chi connectivity index (χ1n) is 9.30. The lowest BCUT2D eigenvalue weighted by Gasteiger charge is -2.20. The van der Waals surface area contributed by atoms with E-state index >= 15 is 0 Å². The summed E-state index contributed by atoms with van der Waals surface area (Å²) < 4.78 is 26.7. The zero-order valence-corrected chi connectivity index (χ0v) is 17.5. The van der Waals surface area contributed by atoms with Gasteiger partial charge in [0.15, 0.2) is 0 Å². The predicted molar refractivity (Wildman–Crippen MR) is 116 cm³/mol. The molecule has 0 heterocycles. The second-order valence-corrected chi connectivity index (χ2v) is 8.91. The van der Waals surface area contributed by atoms with Crippen LogP contribution in [0.1, 0.15) is 34.5 Å². The molecule has 1 amide bonds. The van der Waals surface area contributed by atoms with E-state index in [1.807, 2.05) is 38.1 Å². The molecule has 0 aliphatic rings. The summed E-state index contributed by atoms with van der Waals surface area (Å²) in [5.41, 5.74) is 3.14. The fraction of sp³-hybridized carbons (Fsp3) is 0.174. The van der Waals surface area contributed by atoms with Gasteiger partial charge in [0.05, 0.1) is 16.6 Å². The molecular weight excluding hydrogens is 384 g/mol. The number of carbonyl (C=O) groups excluding carboxylic acids is 1. The summed E-state index contributed by atoms with van der Waals surface area (Å²) in [6, 6.07) is 22.6. The minimum atomic E-state index is -3.65. The molecule has 1 atom stereocenters. The number of aryl methyl sites for hydroxylation is 1. The Kier molecular flexibility index (Phi) is 6.03. The maximum absolute atomic E-state index is 12.7. The molecule has 0 bridgehead atoms. The standard InChI is InChI=1S/C23H24N2O3S/c1-17-9-11-19(12-10-17)18(2)24-23(26)20-13-15-21(16-14-20)25(3)29(27,28)22-7-5-4-6-8-22/h4-16,18H,1-3H3,(H,24,26)/t18-/m1/s1. The zero-order valence-electron chi connectivity index (χ0n) is 16.7. The first kappa shape index (κ1) is 20.6. The number of sulfonamides is 1. The molecule has 5 nitrogen and oxygen atoms in total. The molecule has 3 aromatic carbocycles. The molecule has 0 aliphatic heterocycles. The minimum absolute atomic E-state index is 0.135. The Morgan fingerprint density at radius 3 is 2.07 bits per heavy atom. The maximum Gasteiger partial charge on any atom is 0.264 e. The molecule has 1 N–H and O–H groups in total. The van der Waals surface area contributed by atoms with Crippen molar-refractivity contribution in [1.29, 1.82) is 0 Å². The van der Waals surface area contributed by atoms with E-state index in [0.717, 1.165) is 11.1 Å². The minimum Gasteiger partial charge on any atom is -0.346 e. The van der Waals surface area contributed by atoms with Crippen molar-refractivity contribution in [3.8, 4) is 0 Å². The van der Waals surface area contributed by atoms with Gasteiger partial charge in [0.1, 0.15) is 0 Å². The fourth-order valence-electron chi connectivity index (χ4n) is 2.93. The SMILES string of the molecule is Cc1ccc([C@@H](C)NC(=O)c2ccc(N(C)S(=O)(=O)c3ccccc3)cc2)cc1. The monoisotopic (exact) mass is 408 g/mol. The van der Waals surface area contributed by atoms with Crippen LogP contribution in [0.15, 0.2) is 83.8 Å². The molecule has 0 saturated carbocycles. The van der Waals surface area contributed by atoms with E-state index < -0.39 is 10.0 Å². The molecule has 0 aromatic heterocycles. The van der Waals surface area contributed by atoms with Gasteiger partial charge in [-0.05, 0) is 55.8 Å². The van der Waals surface area contributed by atoms with Crippen LogP contribution in [0, 0.1) is 6.92 Å². The van der Waals surface area contributed by atoms with Crippen LogP contribution in [0.3, 0.4) is 0 Å². The van der Waals surface area contributed by atoms with Crippen molar-refractivity contribution in [1.82, 2.24) is 5.32 Å². The van der Waals surface area contributed by atoms with E-state index in [0.29, 0.717) is 11.3 Å². The van der Waals surface area contributed by atoms with E-state index in [1.165, 1.54) is 11.4 Å². The highest BCUT2D eigenvalue weighted by atomic mass is 32.2. The van der Waals surface area contributed by atoms with Crippen molar-refractivity contribution < 1.29 is 13.2 Å². The van der Waals surface area contributed by atoms with Gasteiger partial charge in [-0.25, -0.2) is 8.42 Å². The second kappa shape index (κ2) is 8.49. The number of nitrogens with zero attached hydrogens (tertiary/aromatic N) is 1. The number of carbonyl (C=O) groups is 1. The molecule has 29 heavy (non-hydrogen) atoms. The van der Waals surface area contributed by atoms with Gasteiger partial charge in [-0.3, -0.25) is 9.10 Å². The predicted octanol–water partition coefficient (Wildman–Crippen LogP) is 4.31. The maximum atomic E-state index is 12.7. The molecule has 0 aliphatic carbocycles. The average Bonchev–Trinajstić information content (AvgIpc) is 2.74. The van der Waals surface area contributed by atoms with E-state index in [2.05, 4.69) is 5.32 Å². The average molecular weight is 409 g/mol. The zero-order chi connectivity index (χ0) is 21.0. The molecule has 0 unspecified atom stereocenters. The van der Waals surface area contributed by atoms with Gasteiger partial charge in [0.25, 0.3) is 15.9 Å². The number of rotatable bonds is 6. The molecule has 0 fully saturated rings. The van der Waals surface area contributed by atoms with Crippen LogP contribution >= 0.6 is 0 Å². The quantitative estimate of drug-likeness (QED) is 0.661. The summed E-state index contributed by atoms with van der Waals surface area (Å²) in [7, 11) is -2.15. The number of hydrogen-bond donors (Lipinski definition) is 1. The van der Waals surface area contributed by atoms with Crippen molar-refractivity contribution in [3.05, 3.63) is 95.6 Å². The topological polar surface area (TPSA) is 66.5 Å². The van der Waals surface area contributed by atoms with Gasteiger partial charge in [-0.1, -0.05) is 48.0 Å². The number of hydrogen-bond acceptors (Lipinski definition) is 3. The fourth-order valence-corrected chi connectivity index (χ4v) is 4.15. The van der Waals surface area contributed by atoms with Gasteiger partial charge in [0, 0.05) is 12.6 Å². The molecule has 0 saturated heterocycles. The number of benzene rings is 3. The van der Waals surface area contributed by atoms with Crippen LogP contribution in [0.2, 0.25) is 0 Å². The highest BCUT2D eigenvalue weighted by Gasteiger charge is 2.21. The number of nitrogens with one attached hydrogen (secondary N) is 1. The molecule has 0 radical (unpaired) electrons.